The van der Waals surface area contributed by atoms with E-state index in [-0.39, 0.29) is 12.5 Å². The van der Waals surface area contributed by atoms with Gasteiger partial charge in [-0.25, -0.2) is 4.68 Å². The van der Waals surface area contributed by atoms with Gasteiger partial charge in [-0.3, -0.25) is 4.79 Å². The van der Waals surface area contributed by atoms with E-state index >= 15 is 0 Å². The molecule has 4 aromatic rings. The summed E-state index contributed by atoms with van der Waals surface area (Å²) in [6.45, 7) is 2.12. The molecule has 0 aliphatic carbocycles. The van der Waals surface area contributed by atoms with E-state index in [1.54, 1.807) is 4.68 Å². The van der Waals surface area contributed by atoms with Crippen molar-refractivity contribution in [3.05, 3.63) is 78.4 Å². The van der Waals surface area contributed by atoms with Crippen molar-refractivity contribution in [2.75, 3.05) is 5.32 Å². The molecule has 1 N–H and O–H groups in total. The van der Waals surface area contributed by atoms with Crippen LogP contribution in [0, 0.1) is 6.92 Å². The molecular weight excluding hydrogens is 340 g/mol. The molecule has 0 saturated carbocycles. The molecule has 0 unspecified atom stereocenters. The number of hydrogen-bond donors (Lipinski definition) is 1. The SMILES string of the molecule is Cc1cccc(Oc2ccc(NC(=O)Cn3nnc4ccccc43)cc2)c1. The number of anilines is 1. The monoisotopic (exact) mass is 358 g/mol. The minimum Gasteiger partial charge on any atom is -0.457 e. The molecule has 134 valence electrons. The molecule has 0 atom stereocenters. The number of carbonyl (C=O) groups excluding carboxylic acids is 1. The highest BCUT2D eigenvalue weighted by Crippen LogP contribution is 2.23. The third kappa shape index (κ3) is 3.95. The Bertz CT molecular complexity index is 1090. The maximum Gasteiger partial charge on any atom is 0.246 e. The van der Waals surface area contributed by atoms with Gasteiger partial charge in [0, 0.05) is 5.69 Å². The van der Waals surface area contributed by atoms with E-state index in [1.165, 1.54) is 0 Å². The van der Waals surface area contributed by atoms with Crippen LogP contribution >= 0.6 is 0 Å². The number of fused-ring (bicyclic) bond motifs is 1. The zero-order valence-corrected chi connectivity index (χ0v) is 14.8. The Morgan fingerprint density at radius 2 is 1.81 bits per heavy atom. The van der Waals surface area contributed by atoms with Crippen LogP contribution in [0.2, 0.25) is 0 Å². The minimum atomic E-state index is -0.169. The van der Waals surface area contributed by atoms with Gasteiger partial charge in [0.15, 0.2) is 0 Å². The molecule has 3 aromatic carbocycles. The molecule has 27 heavy (non-hydrogen) atoms. The van der Waals surface area contributed by atoms with Crippen molar-refractivity contribution in [1.29, 1.82) is 0 Å². The fourth-order valence-corrected chi connectivity index (χ4v) is 2.79. The summed E-state index contributed by atoms with van der Waals surface area (Å²) in [6, 6.07) is 22.6. The molecule has 6 nitrogen and oxygen atoms in total. The van der Waals surface area contributed by atoms with Crippen molar-refractivity contribution in [3.8, 4) is 11.5 Å². The lowest BCUT2D eigenvalue weighted by Gasteiger charge is -2.09. The number of aromatic nitrogens is 3. The highest BCUT2D eigenvalue weighted by atomic mass is 16.5. The summed E-state index contributed by atoms with van der Waals surface area (Å²) in [5.74, 6) is 1.32. The molecule has 0 radical (unpaired) electrons. The largest absolute Gasteiger partial charge is 0.457 e. The molecule has 0 spiro atoms. The Kier molecular flexibility index (Phi) is 4.53. The summed E-state index contributed by atoms with van der Waals surface area (Å²) in [5.41, 5.74) is 3.43. The van der Waals surface area contributed by atoms with Gasteiger partial charge in [-0.15, -0.1) is 5.10 Å². The first kappa shape index (κ1) is 16.8. The highest BCUT2D eigenvalue weighted by molar-refractivity contribution is 5.91. The summed E-state index contributed by atoms with van der Waals surface area (Å²) in [5, 5.41) is 10.9. The predicted octanol–water partition coefficient (Wildman–Crippen LogP) is 4.17. The van der Waals surface area contributed by atoms with E-state index in [2.05, 4.69) is 15.6 Å². The lowest BCUT2D eigenvalue weighted by molar-refractivity contribution is -0.116. The Morgan fingerprint density at radius 3 is 2.63 bits per heavy atom. The number of aryl methyl sites for hydroxylation is 1. The third-order valence-electron chi connectivity index (χ3n) is 4.08. The third-order valence-corrected chi connectivity index (χ3v) is 4.08. The van der Waals surface area contributed by atoms with Crippen molar-refractivity contribution < 1.29 is 9.53 Å². The maximum atomic E-state index is 12.3. The zero-order valence-electron chi connectivity index (χ0n) is 14.8. The van der Waals surface area contributed by atoms with Gasteiger partial charge in [0.1, 0.15) is 23.6 Å². The Hall–Kier alpha value is -3.67. The number of para-hydroxylation sites is 1. The van der Waals surface area contributed by atoms with Gasteiger partial charge >= 0.3 is 0 Å². The number of amides is 1. The predicted molar refractivity (Wildman–Crippen MR) is 104 cm³/mol. The molecule has 1 heterocycles. The van der Waals surface area contributed by atoms with Gasteiger partial charge in [0.25, 0.3) is 0 Å². The van der Waals surface area contributed by atoms with E-state index in [0.29, 0.717) is 11.4 Å². The van der Waals surface area contributed by atoms with Gasteiger partial charge in [-0.2, -0.15) is 0 Å². The van der Waals surface area contributed by atoms with Crippen molar-refractivity contribution in [2.45, 2.75) is 13.5 Å². The normalized spacial score (nSPS) is 10.7. The fraction of sp³-hybridized carbons (Fsp3) is 0.0952. The van der Waals surface area contributed by atoms with E-state index < -0.39 is 0 Å². The molecule has 0 bridgehead atoms. The van der Waals surface area contributed by atoms with Gasteiger partial charge in [-0.1, -0.05) is 29.5 Å². The Morgan fingerprint density at radius 1 is 1.00 bits per heavy atom. The standard InChI is InChI=1S/C21H18N4O2/c1-15-5-4-6-18(13-15)27-17-11-9-16(10-12-17)22-21(26)14-25-20-8-3-2-7-19(20)23-24-25/h2-13H,14H2,1H3,(H,22,26). The van der Waals surface area contributed by atoms with Crippen LogP contribution < -0.4 is 10.1 Å². The van der Waals surface area contributed by atoms with Crippen LogP contribution in [0.1, 0.15) is 5.56 Å². The maximum absolute atomic E-state index is 12.3. The number of ether oxygens (including phenoxy) is 1. The smallest absolute Gasteiger partial charge is 0.246 e. The quantitative estimate of drug-likeness (QED) is 0.581. The van der Waals surface area contributed by atoms with Crippen LogP contribution in [0.15, 0.2) is 72.8 Å². The molecule has 0 fully saturated rings. The molecule has 0 aliphatic rings. The second-order valence-electron chi connectivity index (χ2n) is 6.23. The second kappa shape index (κ2) is 7.29. The van der Waals surface area contributed by atoms with E-state index in [0.717, 1.165) is 22.3 Å². The first-order valence-electron chi connectivity index (χ1n) is 8.60. The molecule has 1 amide bonds. The molecule has 0 aliphatic heterocycles. The number of nitrogens with one attached hydrogen (secondary N) is 1. The lowest BCUT2D eigenvalue weighted by Crippen LogP contribution is -2.19. The van der Waals surface area contributed by atoms with Crippen LogP contribution in [0.4, 0.5) is 5.69 Å². The molecular formula is C21H18N4O2. The number of rotatable bonds is 5. The van der Waals surface area contributed by atoms with E-state index in [9.17, 15) is 4.79 Å². The summed E-state index contributed by atoms with van der Waals surface area (Å²) < 4.78 is 7.40. The first-order valence-corrected chi connectivity index (χ1v) is 8.60. The lowest BCUT2D eigenvalue weighted by atomic mass is 10.2. The van der Waals surface area contributed by atoms with E-state index in [1.807, 2.05) is 79.7 Å². The zero-order chi connectivity index (χ0) is 18.6. The van der Waals surface area contributed by atoms with Crippen LogP contribution in [0.25, 0.3) is 11.0 Å². The summed E-state index contributed by atoms with van der Waals surface area (Å²) >= 11 is 0. The first-order chi connectivity index (χ1) is 13.2. The second-order valence-corrected chi connectivity index (χ2v) is 6.23. The van der Waals surface area contributed by atoms with Crippen LogP contribution in [-0.2, 0) is 11.3 Å². The highest BCUT2D eigenvalue weighted by Gasteiger charge is 2.09. The molecule has 6 heteroatoms. The summed E-state index contributed by atoms with van der Waals surface area (Å²) in [6.07, 6.45) is 0. The number of carbonyl (C=O) groups is 1. The average molecular weight is 358 g/mol. The van der Waals surface area contributed by atoms with E-state index in [4.69, 9.17) is 4.74 Å². The molecule has 1 aromatic heterocycles. The van der Waals surface area contributed by atoms with Crippen molar-refractivity contribution in [2.24, 2.45) is 0 Å². The van der Waals surface area contributed by atoms with Gasteiger partial charge < -0.3 is 10.1 Å². The number of hydrogen-bond acceptors (Lipinski definition) is 4. The van der Waals surface area contributed by atoms with Crippen LogP contribution in [-0.4, -0.2) is 20.9 Å². The number of nitrogens with zero attached hydrogens (tertiary/aromatic N) is 3. The van der Waals surface area contributed by atoms with Crippen molar-refractivity contribution >= 4 is 22.6 Å². The summed E-state index contributed by atoms with van der Waals surface area (Å²) in [7, 11) is 0. The van der Waals surface area contributed by atoms with Gasteiger partial charge in [0.05, 0.1) is 5.52 Å². The van der Waals surface area contributed by atoms with Gasteiger partial charge in [-0.05, 0) is 61.0 Å². The van der Waals surface area contributed by atoms with Crippen molar-refractivity contribution in [1.82, 2.24) is 15.0 Å². The van der Waals surface area contributed by atoms with Gasteiger partial charge in [0.2, 0.25) is 5.91 Å². The van der Waals surface area contributed by atoms with Crippen molar-refractivity contribution in [3.63, 3.8) is 0 Å². The minimum absolute atomic E-state index is 0.0993. The Balaban J connectivity index is 1.40. The Labute approximate surface area is 156 Å². The topological polar surface area (TPSA) is 69.0 Å². The van der Waals surface area contributed by atoms with Crippen LogP contribution in [0.3, 0.4) is 0 Å². The molecule has 4 rings (SSSR count). The fourth-order valence-electron chi connectivity index (χ4n) is 2.79. The van der Waals surface area contributed by atoms with Crippen LogP contribution in [0.5, 0.6) is 11.5 Å². The summed E-state index contributed by atoms with van der Waals surface area (Å²) in [4.78, 5) is 12.3. The molecule has 0 saturated heterocycles. The number of benzene rings is 3. The average Bonchev–Trinajstić information content (AvgIpc) is 3.06.